The molecule has 3 aliphatic heterocycles. The molecule has 3 rings (SSSR count). The number of urea groups is 1. The fourth-order valence-electron chi connectivity index (χ4n) is 3.53. The van der Waals surface area contributed by atoms with E-state index in [9.17, 15) is 63.9 Å². The minimum absolute atomic E-state index is 0.156. The second kappa shape index (κ2) is 11.2. The molecule has 3 amide bonds. The number of carbonyl (C=O) groups is 3. The van der Waals surface area contributed by atoms with Crippen molar-refractivity contribution in [3.8, 4) is 0 Å². The molecule has 3 aliphatic rings. The lowest BCUT2D eigenvalue weighted by Crippen LogP contribution is -2.62. The van der Waals surface area contributed by atoms with Crippen molar-refractivity contribution in [2.24, 2.45) is 0 Å². The SMILES string of the molecule is O=C1CCN([C@@H]2O[C@H](COP(=O)([O-])OP(=O)([O-])OC3O[C@H](C(=O)[O-])[C@H](O)[C@H](O)[C@H]3O)[C@@H](O)[C@H]2O)C(=O)N1. The molecule has 0 aromatic heterocycles. The molecule has 3 saturated heterocycles. The third-order valence-corrected chi connectivity index (χ3v) is 7.89. The number of hydrogen-bond donors (Lipinski definition) is 6. The van der Waals surface area contributed by atoms with Crippen LogP contribution in [-0.2, 0) is 41.6 Å². The molecule has 0 aliphatic carbocycles. The number of rotatable bonds is 9. The van der Waals surface area contributed by atoms with Crippen LogP contribution in [-0.4, -0.2) is 117 Å². The number of carboxylic acids is 1. The van der Waals surface area contributed by atoms with Crippen molar-refractivity contribution in [3.05, 3.63) is 0 Å². The molecule has 3 fully saturated rings. The Kier molecular flexibility index (Phi) is 9.10. The number of aliphatic hydroxyl groups is 5. The zero-order valence-corrected chi connectivity index (χ0v) is 20.0. The number of aliphatic hydroxyl groups excluding tert-OH is 5. The highest BCUT2D eigenvalue weighted by molar-refractivity contribution is 7.59. The highest BCUT2D eigenvalue weighted by Crippen LogP contribution is 2.57. The minimum atomic E-state index is -6.05. The monoisotopic (exact) mass is 579 g/mol. The van der Waals surface area contributed by atoms with Crippen LogP contribution in [0, 0.1) is 0 Å². The molecular formula is C15H21N2O18P2-3. The van der Waals surface area contributed by atoms with Crippen LogP contribution in [0.3, 0.4) is 0 Å². The number of carboxylic acid groups (broad SMARTS) is 1. The zero-order valence-electron chi connectivity index (χ0n) is 18.2. The van der Waals surface area contributed by atoms with Gasteiger partial charge in [0.2, 0.25) is 5.91 Å². The predicted molar refractivity (Wildman–Crippen MR) is 101 cm³/mol. The van der Waals surface area contributed by atoms with E-state index in [0.29, 0.717) is 0 Å². The van der Waals surface area contributed by atoms with Gasteiger partial charge in [-0.2, -0.15) is 0 Å². The highest BCUT2D eigenvalue weighted by atomic mass is 31.3. The Labute approximate surface area is 206 Å². The second-order valence-electron chi connectivity index (χ2n) is 7.94. The average molecular weight is 579 g/mol. The van der Waals surface area contributed by atoms with E-state index in [1.165, 1.54) is 0 Å². The van der Waals surface area contributed by atoms with Crippen LogP contribution in [0.25, 0.3) is 0 Å². The molecule has 22 heteroatoms. The van der Waals surface area contributed by atoms with Gasteiger partial charge in [-0.25, -0.2) is 9.11 Å². The molecule has 0 bridgehead atoms. The molecule has 0 aromatic carbocycles. The number of nitrogens with one attached hydrogen (secondary N) is 1. The van der Waals surface area contributed by atoms with E-state index in [2.05, 4.69) is 18.1 Å². The third-order valence-electron chi connectivity index (χ3n) is 5.36. The van der Waals surface area contributed by atoms with Gasteiger partial charge in [0.15, 0.2) is 12.5 Å². The van der Waals surface area contributed by atoms with Crippen molar-refractivity contribution in [1.29, 1.82) is 0 Å². The Bertz CT molecular complexity index is 996. The number of imide groups is 1. The standard InChI is InChI=1S/C15H24N2O18P2/c18-5-1-2-17(15(26)16-5)12-9(22)6(19)4(32-12)3-31-36(27,28)35-37(29,30)34-14-10(23)7(20)8(21)11(33-14)13(24)25/h4,6-12,14,19-23H,1-3H2,(H,24,25)(H,27,28)(H,29,30)(H,16,18,26)/p-3/t4-,6-,7+,8-,9-,10-,11+,12-,14?/m1/s1. The lowest BCUT2D eigenvalue weighted by atomic mass is 9.99. The van der Waals surface area contributed by atoms with Crippen molar-refractivity contribution in [1.82, 2.24) is 10.2 Å². The van der Waals surface area contributed by atoms with Gasteiger partial charge >= 0.3 is 6.03 Å². The van der Waals surface area contributed by atoms with E-state index in [0.717, 1.165) is 4.90 Å². The molecule has 0 aromatic rings. The summed E-state index contributed by atoms with van der Waals surface area (Å²) in [5, 5.41) is 62.0. The van der Waals surface area contributed by atoms with Crippen LogP contribution < -0.4 is 20.2 Å². The van der Waals surface area contributed by atoms with E-state index in [1.807, 2.05) is 5.32 Å². The van der Waals surface area contributed by atoms with Gasteiger partial charge in [0.1, 0.15) is 42.7 Å². The Balaban J connectivity index is 1.58. The first-order valence-corrected chi connectivity index (χ1v) is 13.1. The number of nitrogens with zero attached hydrogens (tertiary/aromatic N) is 1. The maximum Gasteiger partial charge on any atom is 0.326 e. The van der Waals surface area contributed by atoms with Gasteiger partial charge in [0, 0.05) is 13.0 Å². The van der Waals surface area contributed by atoms with Gasteiger partial charge in [0.05, 0.1) is 12.6 Å². The van der Waals surface area contributed by atoms with Gasteiger partial charge in [-0.05, 0) is 0 Å². The molecule has 0 saturated carbocycles. The molecule has 212 valence electrons. The first kappa shape index (κ1) is 29.9. The molecular weight excluding hydrogens is 558 g/mol. The van der Waals surface area contributed by atoms with Crippen molar-refractivity contribution < 1.29 is 86.8 Å². The zero-order chi connectivity index (χ0) is 27.9. The first-order chi connectivity index (χ1) is 17.0. The Morgan fingerprint density at radius 3 is 2.24 bits per heavy atom. The largest absolute Gasteiger partial charge is 0.756 e. The van der Waals surface area contributed by atoms with E-state index in [4.69, 9.17) is 4.74 Å². The topological polar surface area (TPSA) is 317 Å². The van der Waals surface area contributed by atoms with Gasteiger partial charge in [-0.15, -0.1) is 0 Å². The van der Waals surface area contributed by atoms with Crippen LogP contribution in [0.15, 0.2) is 0 Å². The van der Waals surface area contributed by atoms with Crippen LogP contribution in [0.2, 0.25) is 0 Å². The Hall–Kier alpha value is -1.61. The quantitative estimate of drug-likeness (QED) is 0.138. The molecule has 0 spiro atoms. The third kappa shape index (κ3) is 6.88. The summed E-state index contributed by atoms with van der Waals surface area (Å²) in [6, 6.07) is -0.956. The number of carbonyl (C=O) groups excluding carboxylic acids is 3. The Morgan fingerprint density at radius 2 is 1.65 bits per heavy atom. The summed E-state index contributed by atoms with van der Waals surface area (Å²) < 4.78 is 45.9. The molecule has 3 heterocycles. The number of hydrogen-bond acceptors (Lipinski definition) is 18. The van der Waals surface area contributed by atoms with E-state index in [-0.39, 0.29) is 13.0 Å². The second-order valence-corrected chi connectivity index (χ2v) is 10.8. The van der Waals surface area contributed by atoms with Crippen LogP contribution in [0.4, 0.5) is 4.79 Å². The summed E-state index contributed by atoms with van der Waals surface area (Å²) >= 11 is 0. The Morgan fingerprint density at radius 1 is 1.00 bits per heavy atom. The summed E-state index contributed by atoms with van der Waals surface area (Å²) in [5.41, 5.74) is 0. The molecule has 0 radical (unpaired) electrons. The normalized spacial score (nSPS) is 40.1. The highest BCUT2D eigenvalue weighted by Gasteiger charge is 2.49. The number of aliphatic carboxylic acids is 1. The lowest BCUT2D eigenvalue weighted by Gasteiger charge is -2.42. The van der Waals surface area contributed by atoms with Crippen molar-refractivity contribution >= 4 is 33.6 Å². The van der Waals surface area contributed by atoms with Crippen molar-refractivity contribution in [3.63, 3.8) is 0 Å². The fourth-order valence-corrected chi connectivity index (χ4v) is 5.61. The number of amides is 3. The van der Waals surface area contributed by atoms with Gasteiger partial charge in [-0.3, -0.25) is 28.7 Å². The molecule has 6 N–H and O–H groups in total. The molecule has 37 heavy (non-hydrogen) atoms. The maximum atomic E-state index is 12.0. The van der Waals surface area contributed by atoms with E-state index in [1.54, 1.807) is 0 Å². The molecule has 11 atom stereocenters. The molecule has 20 nitrogen and oxygen atoms in total. The molecule has 3 unspecified atom stereocenters. The van der Waals surface area contributed by atoms with Crippen LogP contribution in [0.1, 0.15) is 6.42 Å². The van der Waals surface area contributed by atoms with Crippen molar-refractivity contribution in [2.45, 2.75) is 61.7 Å². The smallest absolute Gasteiger partial charge is 0.326 e. The summed E-state index contributed by atoms with van der Waals surface area (Å²) in [6.07, 6.45) is -18.8. The summed E-state index contributed by atoms with van der Waals surface area (Å²) in [5.74, 6) is -2.73. The van der Waals surface area contributed by atoms with Gasteiger partial charge < -0.3 is 59.2 Å². The lowest BCUT2D eigenvalue weighted by molar-refractivity contribution is -0.348. The number of ether oxygens (including phenoxy) is 2. The predicted octanol–water partition coefficient (Wildman–Crippen LogP) is -7.08. The van der Waals surface area contributed by atoms with Gasteiger partial charge in [0.25, 0.3) is 15.6 Å². The van der Waals surface area contributed by atoms with Crippen LogP contribution >= 0.6 is 15.6 Å². The number of phosphoric acid groups is 2. The number of phosphoric ester groups is 2. The van der Waals surface area contributed by atoms with Gasteiger partial charge in [-0.1, -0.05) is 0 Å². The van der Waals surface area contributed by atoms with E-state index >= 15 is 0 Å². The summed E-state index contributed by atoms with van der Waals surface area (Å²) in [6.45, 7) is -1.35. The minimum Gasteiger partial charge on any atom is -0.756 e. The summed E-state index contributed by atoms with van der Waals surface area (Å²) in [7, 11) is -11.9. The van der Waals surface area contributed by atoms with Crippen molar-refractivity contribution in [2.75, 3.05) is 13.2 Å². The summed E-state index contributed by atoms with van der Waals surface area (Å²) in [4.78, 5) is 58.9. The average Bonchev–Trinajstić information content (AvgIpc) is 3.05. The maximum absolute atomic E-state index is 12.0. The van der Waals surface area contributed by atoms with E-state index < -0.39 is 95.4 Å². The van der Waals surface area contributed by atoms with Crippen LogP contribution in [0.5, 0.6) is 0 Å². The fraction of sp³-hybridized carbons (Fsp3) is 0.800. The first-order valence-electron chi connectivity index (χ1n) is 10.2.